The topological polar surface area (TPSA) is 3.88 Å². The minimum absolute atomic E-state index is 1.04. The van der Waals surface area contributed by atoms with E-state index in [0.29, 0.717) is 0 Å². The fourth-order valence-corrected chi connectivity index (χ4v) is 1.74. The Bertz CT molecular complexity index is 227. The van der Waals surface area contributed by atoms with Crippen molar-refractivity contribution in [1.29, 1.82) is 0 Å². The van der Waals surface area contributed by atoms with Gasteiger partial charge in [0.15, 0.2) is 18.3 Å². The SMILES string of the molecule is CCSC[n+]1cccc(Br)c1. The molecule has 0 saturated carbocycles. The number of pyridine rings is 1. The molecule has 0 aliphatic heterocycles. The van der Waals surface area contributed by atoms with Gasteiger partial charge in [0.05, 0.1) is 4.47 Å². The summed E-state index contributed by atoms with van der Waals surface area (Å²) in [6.45, 7) is 2.17. The van der Waals surface area contributed by atoms with Crippen LogP contribution in [0.1, 0.15) is 6.92 Å². The fraction of sp³-hybridized carbons (Fsp3) is 0.375. The monoisotopic (exact) mass is 232 g/mol. The van der Waals surface area contributed by atoms with Crippen LogP contribution in [-0.4, -0.2) is 5.75 Å². The summed E-state index contributed by atoms with van der Waals surface area (Å²) in [6.07, 6.45) is 4.16. The maximum absolute atomic E-state index is 3.42. The largest absolute Gasteiger partial charge is 0.194 e. The highest BCUT2D eigenvalue weighted by Crippen LogP contribution is 2.04. The molecule has 0 unspecified atom stereocenters. The third-order valence-electron chi connectivity index (χ3n) is 1.27. The van der Waals surface area contributed by atoms with Gasteiger partial charge in [-0.1, -0.05) is 18.7 Å². The summed E-state index contributed by atoms with van der Waals surface area (Å²) in [5.41, 5.74) is 0. The molecule has 0 aromatic carbocycles. The number of rotatable bonds is 3. The minimum Gasteiger partial charge on any atom is -0.194 e. The third-order valence-corrected chi connectivity index (χ3v) is 2.62. The summed E-state index contributed by atoms with van der Waals surface area (Å²) in [7, 11) is 0. The molecule has 0 spiro atoms. The van der Waals surface area contributed by atoms with Crippen molar-refractivity contribution in [3.05, 3.63) is 29.0 Å². The highest BCUT2D eigenvalue weighted by atomic mass is 79.9. The molecule has 0 atom stereocenters. The van der Waals surface area contributed by atoms with Gasteiger partial charge in [-0.3, -0.25) is 0 Å². The lowest BCUT2D eigenvalue weighted by atomic mass is 10.5. The second-order valence-electron chi connectivity index (χ2n) is 2.16. The van der Waals surface area contributed by atoms with Gasteiger partial charge in [0, 0.05) is 6.07 Å². The van der Waals surface area contributed by atoms with E-state index in [1.807, 2.05) is 23.9 Å². The van der Waals surface area contributed by atoms with Gasteiger partial charge in [0.25, 0.3) is 0 Å². The van der Waals surface area contributed by atoms with E-state index in [1.54, 1.807) is 0 Å². The molecular weight excluding hydrogens is 222 g/mol. The Morgan fingerprint density at radius 3 is 3.09 bits per heavy atom. The quantitative estimate of drug-likeness (QED) is 0.725. The van der Waals surface area contributed by atoms with Crippen molar-refractivity contribution < 1.29 is 4.57 Å². The van der Waals surface area contributed by atoms with Crippen molar-refractivity contribution in [3.8, 4) is 0 Å². The Balaban J connectivity index is 2.56. The van der Waals surface area contributed by atoms with Gasteiger partial charge in [-0.15, -0.1) is 0 Å². The van der Waals surface area contributed by atoms with E-state index in [0.717, 1.165) is 10.3 Å². The first-order chi connectivity index (χ1) is 5.33. The van der Waals surface area contributed by atoms with Gasteiger partial charge in [0.2, 0.25) is 0 Å². The normalized spacial score (nSPS) is 10.0. The molecule has 0 N–H and O–H groups in total. The van der Waals surface area contributed by atoms with Crippen molar-refractivity contribution in [2.45, 2.75) is 12.8 Å². The van der Waals surface area contributed by atoms with Crippen LogP contribution in [0.5, 0.6) is 0 Å². The van der Waals surface area contributed by atoms with Crippen LogP contribution in [0.2, 0.25) is 0 Å². The van der Waals surface area contributed by atoms with Crippen molar-refractivity contribution >= 4 is 27.7 Å². The van der Waals surface area contributed by atoms with Crippen LogP contribution in [0.25, 0.3) is 0 Å². The van der Waals surface area contributed by atoms with Crippen LogP contribution in [0.3, 0.4) is 0 Å². The lowest BCUT2D eigenvalue weighted by Gasteiger charge is -1.93. The number of hydrogen-bond acceptors (Lipinski definition) is 1. The van der Waals surface area contributed by atoms with Crippen LogP contribution in [0.15, 0.2) is 29.0 Å². The molecule has 0 saturated heterocycles. The number of thioether (sulfide) groups is 1. The van der Waals surface area contributed by atoms with Gasteiger partial charge in [-0.05, 0) is 27.7 Å². The Labute approximate surface area is 79.9 Å². The molecule has 11 heavy (non-hydrogen) atoms. The highest BCUT2D eigenvalue weighted by Gasteiger charge is 1.98. The van der Waals surface area contributed by atoms with Crippen molar-refractivity contribution in [1.82, 2.24) is 0 Å². The van der Waals surface area contributed by atoms with Crippen LogP contribution >= 0.6 is 27.7 Å². The van der Waals surface area contributed by atoms with Crippen LogP contribution in [-0.2, 0) is 5.88 Å². The predicted octanol–water partition coefficient (Wildman–Crippen LogP) is 2.45. The van der Waals surface area contributed by atoms with Gasteiger partial charge in [-0.2, -0.15) is 4.57 Å². The Morgan fingerprint density at radius 2 is 2.45 bits per heavy atom. The standard InChI is InChI=1S/C8H11BrNS/c1-2-11-7-10-5-3-4-8(9)6-10/h3-6H,2,7H2,1H3/q+1. The number of aromatic nitrogens is 1. The van der Waals surface area contributed by atoms with E-state index in [4.69, 9.17) is 0 Å². The van der Waals surface area contributed by atoms with Gasteiger partial charge in [-0.25, -0.2) is 0 Å². The number of halogens is 1. The van der Waals surface area contributed by atoms with Gasteiger partial charge >= 0.3 is 0 Å². The van der Waals surface area contributed by atoms with Crippen LogP contribution in [0.4, 0.5) is 0 Å². The lowest BCUT2D eigenvalue weighted by Crippen LogP contribution is -2.30. The zero-order valence-corrected chi connectivity index (χ0v) is 8.86. The molecule has 1 nitrogen and oxygen atoms in total. The molecule has 1 heterocycles. The minimum atomic E-state index is 1.04. The first kappa shape index (κ1) is 9.07. The molecule has 0 bridgehead atoms. The van der Waals surface area contributed by atoms with Crippen molar-refractivity contribution in [3.63, 3.8) is 0 Å². The van der Waals surface area contributed by atoms with Crippen LogP contribution in [0, 0.1) is 0 Å². The molecule has 0 fully saturated rings. The van der Waals surface area contributed by atoms with E-state index >= 15 is 0 Å². The first-order valence-electron chi connectivity index (χ1n) is 3.55. The van der Waals surface area contributed by atoms with E-state index in [1.165, 1.54) is 5.75 Å². The van der Waals surface area contributed by atoms with Gasteiger partial charge < -0.3 is 0 Å². The molecule has 1 aromatic rings. The summed E-state index contributed by atoms with van der Waals surface area (Å²) in [4.78, 5) is 0. The molecule has 0 radical (unpaired) electrons. The fourth-order valence-electron chi connectivity index (χ4n) is 0.767. The predicted molar refractivity (Wildman–Crippen MR) is 52.5 cm³/mol. The molecule has 3 heteroatoms. The summed E-state index contributed by atoms with van der Waals surface area (Å²) in [5.74, 6) is 2.20. The Kier molecular flexibility index (Phi) is 3.94. The second-order valence-corrected chi connectivity index (χ2v) is 4.32. The molecular formula is C8H11BrNS+. The van der Waals surface area contributed by atoms with E-state index < -0.39 is 0 Å². The first-order valence-corrected chi connectivity index (χ1v) is 5.50. The molecule has 0 aliphatic carbocycles. The van der Waals surface area contributed by atoms with Crippen LogP contribution < -0.4 is 4.57 Å². The van der Waals surface area contributed by atoms with Crippen molar-refractivity contribution in [2.24, 2.45) is 0 Å². The van der Waals surface area contributed by atoms with E-state index in [-0.39, 0.29) is 0 Å². The van der Waals surface area contributed by atoms with E-state index in [2.05, 4.69) is 39.8 Å². The average Bonchev–Trinajstić information content (AvgIpc) is 2.01. The molecule has 1 aromatic heterocycles. The molecule has 1 rings (SSSR count). The zero-order valence-electron chi connectivity index (χ0n) is 6.46. The summed E-state index contributed by atoms with van der Waals surface area (Å²) in [6, 6.07) is 4.08. The average molecular weight is 233 g/mol. The maximum atomic E-state index is 3.42. The van der Waals surface area contributed by atoms with Gasteiger partial charge in [0.1, 0.15) is 0 Å². The highest BCUT2D eigenvalue weighted by molar-refractivity contribution is 9.10. The number of nitrogens with zero attached hydrogens (tertiary/aromatic N) is 1. The summed E-state index contributed by atoms with van der Waals surface area (Å²) < 4.78 is 3.30. The Hall–Kier alpha value is -0.0200. The molecule has 0 amide bonds. The lowest BCUT2D eigenvalue weighted by molar-refractivity contribution is -0.676. The maximum Gasteiger partial charge on any atom is 0.194 e. The number of hydrogen-bond donors (Lipinski definition) is 0. The summed E-state index contributed by atoms with van der Waals surface area (Å²) in [5, 5.41) is 0. The van der Waals surface area contributed by atoms with Crippen molar-refractivity contribution in [2.75, 3.05) is 5.75 Å². The molecule has 60 valence electrons. The third kappa shape index (κ3) is 3.25. The second kappa shape index (κ2) is 4.78. The molecule has 0 aliphatic rings. The summed E-state index contributed by atoms with van der Waals surface area (Å²) >= 11 is 5.34. The van der Waals surface area contributed by atoms with E-state index in [9.17, 15) is 0 Å². The smallest absolute Gasteiger partial charge is 0.194 e. The zero-order chi connectivity index (χ0) is 8.10. The Morgan fingerprint density at radius 1 is 1.64 bits per heavy atom.